The van der Waals surface area contributed by atoms with Crippen molar-refractivity contribution in [3.8, 4) is 0 Å². The van der Waals surface area contributed by atoms with Crippen LogP contribution in [0.15, 0.2) is 30.3 Å². The highest BCUT2D eigenvalue weighted by atomic mass is 16.6. The molecule has 0 aliphatic carbocycles. The average Bonchev–Trinajstić information content (AvgIpc) is 2.80. The first-order valence-electron chi connectivity index (χ1n) is 7.23. The van der Waals surface area contributed by atoms with Crippen molar-refractivity contribution in [1.29, 1.82) is 0 Å². The van der Waals surface area contributed by atoms with Gasteiger partial charge in [0.25, 0.3) is 5.69 Å². The Morgan fingerprint density at radius 1 is 1.22 bits per heavy atom. The van der Waals surface area contributed by atoms with Crippen LogP contribution in [0.25, 0.3) is 11.0 Å². The van der Waals surface area contributed by atoms with E-state index in [-0.39, 0.29) is 5.69 Å². The second kappa shape index (κ2) is 5.68. The number of hydrogen-bond donors (Lipinski definition) is 1. The lowest BCUT2D eigenvalue weighted by atomic mass is 10.2. The van der Waals surface area contributed by atoms with E-state index < -0.39 is 4.92 Å². The molecule has 1 N–H and O–H groups in total. The van der Waals surface area contributed by atoms with Gasteiger partial charge in [0.1, 0.15) is 17.3 Å². The Hall–Kier alpha value is -2.96. The lowest BCUT2D eigenvalue weighted by Crippen LogP contribution is -2.07. The second-order valence-electron chi connectivity index (χ2n) is 5.49. The molecule has 23 heavy (non-hydrogen) atoms. The van der Waals surface area contributed by atoms with Crippen LogP contribution in [-0.2, 0) is 13.6 Å². The molecule has 2 heterocycles. The van der Waals surface area contributed by atoms with Gasteiger partial charge >= 0.3 is 0 Å². The van der Waals surface area contributed by atoms with Gasteiger partial charge in [-0.1, -0.05) is 6.07 Å². The zero-order valence-corrected chi connectivity index (χ0v) is 13.2. The van der Waals surface area contributed by atoms with Gasteiger partial charge in [-0.2, -0.15) is 0 Å². The Morgan fingerprint density at radius 3 is 2.70 bits per heavy atom. The molecule has 3 aromatic rings. The van der Waals surface area contributed by atoms with E-state index in [2.05, 4.69) is 27.4 Å². The molecule has 0 saturated carbocycles. The molecular formula is C16H17N5O2. The first-order valence-corrected chi connectivity index (χ1v) is 7.23. The molecule has 7 heteroatoms. The highest BCUT2D eigenvalue weighted by Gasteiger charge is 2.12. The number of aryl methyl sites for hydroxylation is 3. The van der Waals surface area contributed by atoms with Crippen LogP contribution in [0.4, 0.5) is 11.5 Å². The predicted molar refractivity (Wildman–Crippen MR) is 88.4 cm³/mol. The van der Waals surface area contributed by atoms with E-state index in [9.17, 15) is 10.1 Å². The van der Waals surface area contributed by atoms with Crippen molar-refractivity contribution in [2.24, 2.45) is 7.05 Å². The summed E-state index contributed by atoms with van der Waals surface area (Å²) in [6.45, 7) is 4.16. The van der Waals surface area contributed by atoms with Crippen molar-refractivity contribution in [3.63, 3.8) is 0 Å². The van der Waals surface area contributed by atoms with Gasteiger partial charge in [-0.05, 0) is 37.6 Å². The normalized spacial score (nSPS) is 10.9. The summed E-state index contributed by atoms with van der Waals surface area (Å²) in [5, 5.41) is 14.0. The van der Waals surface area contributed by atoms with E-state index >= 15 is 0 Å². The second-order valence-corrected chi connectivity index (χ2v) is 5.49. The van der Waals surface area contributed by atoms with E-state index in [0.29, 0.717) is 18.1 Å². The number of pyridine rings is 1. The van der Waals surface area contributed by atoms with Crippen LogP contribution in [-0.4, -0.2) is 19.5 Å². The molecule has 2 aromatic heterocycles. The van der Waals surface area contributed by atoms with Crippen LogP contribution in [0, 0.1) is 24.0 Å². The zero-order valence-electron chi connectivity index (χ0n) is 13.2. The lowest BCUT2D eigenvalue weighted by Gasteiger charge is -2.07. The van der Waals surface area contributed by atoms with E-state index in [1.54, 1.807) is 13.0 Å². The minimum absolute atomic E-state index is 0.0220. The molecule has 0 aliphatic rings. The molecule has 3 rings (SSSR count). The zero-order chi connectivity index (χ0) is 16.6. The molecule has 118 valence electrons. The van der Waals surface area contributed by atoms with Crippen LogP contribution in [0.5, 0.6) is 0 Å². The van der Waals surface area contributed by atoms with E-state index in [4.69, 9.17) is 0 Å². The maximum Gasteiger partial charge on any atom is 0.290 e. The third-order valence-electron chi connectivity index (χ3n) is 3.81. The number of imidazole rings is 1. The summed E-state index contributed by atoms with van der Waals surface area (Å²) in [4.78, 5) is 19.2. The first-order chi connectivity index (χ1) is 11.0. The largest absolute Gasteiger partial charge is 0.363 e. The Balaban J connectivity index is 1.82. The van der Waals surface area contributed by atoms with Gasteiger partial charge in [-0.25, -0.2) is 9.97 Å². The highest BCUT2D eigenvalue weighted by Crippen LogP contribution is 2.20. The molecule has 0 radical (unpaired) electrons. The number of nitrogens with zero attached hydrogens (tertiary/aromatic N) is 4. The predicted octanol–water partition coefficient (Wildman–Crippen LogP) is 3.11. The van der Waals surface area contributed by atoms with Crippen LogP contribution in [0.2, 0.25) is 0 Å². The summed E-state index contributed by atoms with van der Waals surface area (Å²) in [6, 6.07) is 9.23. The molecule has 0 saturated heterocycles. The van der Waals surface area contributed by atoms with Crippen LogP contribution >= 0.6 is 0 Å². The number of benzene rings is 1. The van der Waals surface area contributed by atoms with Crippen molar-refractivity contribution in [3.05, 3.63) is 57.5 Å². The fourth-order valence-corrected chi connectivity index (χ4v) is 2.53. The summed E-state index contributed by atoms with van der Waals surface area (Å²) in [7, 11) is 1.97. The van der Waals surface area contributed by atoms with Crippen LogP contribution in [0.1, 0.15) is 17.1 Å². The Labute approximate surface area is 133 Å². The Bertz CT molecular complexity index is 901. The number of nitrogens with one attached hydrogen (secondary N) is 1. The fourth-order valence-electron chi connectivity index (χ4n) is 2.53. The van der Waals surface area contributed by atoms with Crippen molar-refractivity contribution in [1.82, 2.24) is 14.5 Å². The number of nitro groups is 1. The molecule has 0 bridgehead atoms. The topological polar surface area (TPSA) is 85.9 Å². The Kier molecular flexibility index (Phi) is 3.69. The maximum atomic E-state index is 10.8. The molecule has 7 nitrogen and oxygen atoms in total. The van der Waals surface area contributed by atoms with Crippen LogP contribution < -0.4 is 5.32 Å². The summed E-state index contributed by atoms with van der Waals surface area (Å²) < 4.78 is 2.03. The van der Waals surface area contributed by atoms with Gasteiger partial charge in [0, 0.05) is 13.1 Å². The van der Waals surface area contributed by atoms with E-state index in [0.717, 1.165) is 16.9 Å². The average molecular weight is 311 g/mol. The molecule has 0 amide bonds. The van der Waals surface area contributed by atoms with E-state index in [1.807, 2.05) is 24.6 Å². The molecule has 0 fully saturated rings. The van der Waals surface area contributed by atoms with Gasteiger partial charge < -0.3 is 9.88 Å². The van der Waals surface area contributed by atoms with Crippen molar-refractivity contribution >= 4 is 22.5 Å². The first kappa shape index (κ1) is 15.0. The third-order valence-corrected chi connectivity index (χ3v) is 3.81. The SMILES string of the molecule is Cc1ccc2c(c1)nc(CNc1ccc([N+](=O)[O-])c(C)n1)n2C. The molecular weight excluding hydrogens is 294 g/mol. The monoisotopic (exact) mass is 311 g/mol. The minimum atomic E-state index is -0.431. The molecule has 0 aliphatic heterocycles. The minimum Gasteiger partial charge on any atom is -0.363 e. The van der Waals surface area contributed by atoms with Gasteiger partial charge in [0.15, 0.2) is 0 Å². The molecule has 0 atom stereocenters. The number of aromatic nitrogens is 3. The number of anilines is 1. The summed E-state index contributed by atoms with van der Waals surface area (Å²) in [5.74, 6) is 1.47. The standard InChI is InChI=1S/C16H17N5O2/c1-10-4-5-14-12(8-10)19-16(20(14)3)9-17-15-7-6-13(21(22)23)11(2)18-15/h4-8H,9H2,1-3H3,(H,17,18). The summed E-state index contributed by atoms with van der Waals surface area (Å²) in [6.07, 6.45) is 0. The fraction of sp³-hybridized carbons (Fsp3) is 0.250. The summed E-state index contributed by atoms with van der Waals surface area (Å²) in [5.41, 5.74) is 3.61. The lowest BCUT2D eigenvalue weighted by molar-refractivity contribution is -0.385. The summed E-state index contributed by atoms with van der Waals surface area (Å²) >= 11 is 0. The smallest absolute Gasteiger partial charge is 0.290 e. The molecule has 0 spiro atoms. The van der Waals surface area contributed by atoms with E-state index in [1.165, 1.54) is 11.6 Å². The van der Waals surface area contributed by atoms with Gasteiger partial charge in [-0.15, -0.1) is 0 Å². The maximum absolute atomic E-state index is 10.8. The van der Waals surface area contributed by atoms with Gasteiger partial charge in [0.05, 0.1) is 22.5 Å². The number of rotatable bonds is 4. The van der Waals surface area contributed by atoms with Gasteiger partial charge in [0.2, 0.25) is 0 Å². The number of fused-ring (bicyclic) bond motifs is 1. The van der Waals surface area contributed by atoms with Gasteiger partial charge in [-0.3, -0.25) is 10.1 Å². The quantitative estimate of drug-likeness (QED) is 0.591. The molecule has 0 unspecified atom stereocenters. The van der Waals surface area contributed by atoms with Crippen molar-refractivity contribution in [2.75, 3.05) is 5.32 Å². The third kappa shape index (κ3) is 2.85. The van der Waals surface area contributed by atoms with Crippen LogP contribution in [0.3, 0.4) is 0 Å². The highest BCUT2D eigenvalue weighted by molar-refractivity contribution is 5.76. The number of hydrogen-bond acceptors (Lipinski definition) is 5. The molecule has 1 aromatic carbocycles. The van der Waals surface area contributed by atoms with Crippen molar-refractivity contribution < 1.29 is 4.92 Å². The van der Waals surface area contributed by atoms with Crippen molar-refractivity contribution in [2.45, 2.75) is 20.4 Å². The Morgan fingerprint density at radius 2 is 2.00 bits per heavy atom.